The maximum absolute atomic E-state index is 12.9. The van der Waals surface area contributed by atoms with Gasteiger partial charge in [-0.15, -0.1) is 10.2 Å². The topological polar surface area (TPSA) is 136 Å². The van der Waals surface area contributed by atoms with Gasteiger partial charge in [0.1, 0.15) is 11.5 Å². The zero-order chi connectivity index (χ0) is 24.2. The lowest BCUT2D eigenvalue weighted by Crippen LogP contribution is -2.23. The monoisotopic (exact) mass is 479 g/mol. The number of aromatic nitrogens is 3. The normalized spacial score (nSPS) is 11.8. The molecule has 0 aliphatic carbocycles. The van der Waals surface area contributed by atoms with E-state index < -0.39 is 10.2 Å². The molecule has 11 heteroatoms. The first-order chi connectivity index (χ1) is 16.3. The molecule has 0 saturated heterocycles. The van der Waals surface area contributed by atoms with Crippen LogP contribution in [-0.4, -0.2) is 36.0 Å². The summed E-state index contributed by atoms with van der Waals surface area (Å²) in [6.07, 6.45) is 1.57. The number of amides is 1. The fourth-order valence-electron chi connectivity index (χ4n) is 3.21. The third kappa shape index (κ3) is 5.09. The zero-order valence-corrected chi connectivity index (χ0v) is 19.2. The van der Waals surface area contributed by atoms with Crippen LogP contribution in [0.1, 0.15) is 18.2 Å². The van der Waals surface area contributed by atoms with Crippen LogP contribution in [0.15, 0.2) is 70.4 Å². The molecular formula is C23H21N5O5S. The van der Waals surface area contributed by atoms with Crippen molar-refractivity contribution < 1.29 is 19.2 Å². The standard InChI is InChI=1S/C23H21N5O5S/c1-14-5-8-17(28(31)32)12-20(14)24-22(30)15(2)34-23-26-25-21(16-6-9-18(29)10-7-16)27(23)13-19-4-3-11-33-19/h3-12,15,29H,13H2,1-2H3,(H,24,30)/t15-/m0/s1. The molecule has 0 unspecified atom stereocenters. The van der Waals surface area contributed by atoms with E-state index in [0.29, 0.717) is 34.5 Å². The number of nitro groups is 1. The predicted octanol–water partition coefficient (Wildman–Crippen LogP) is 4.63. The van der Waals surface area contributed by atoms with E-state index in [0.717, 1.165) is 5.56 Å². The molecule has 0 radical (unpaired) electrons. The van der Waals surface area contributed by atoms with Gasteiger partial charge in [-0.2, -0.15) is 0 Å². The van der Waals surface area contributed by atoms with Crippen molar-refractivity contribution in [3.05, 3.63) is 82.3 Å². The Kier molecular flexibility index (Phi) is 6.64. The lowest BCUT2D eigenvalue weighted by atomic mass is 10.2. The van der Waals surface area contributed by atoms with Crippen molar-refractivity contribution in [1.82, 2.24) is 14.8 Å². The first-order valence-corrected chi connectivity index (χ1v) is 11.2. The van der Waals surface area contributed by atoms with E-state index in [1.165, 1.54) is 23.9 Å². The predicted molar refractivity (Wildman–Crippen MR) is 127 cm³/mol. The number of anilines is 1. The summed E-state index contributed by atoms with van der Waals surface area (Å²) in [4.78, 5) is 23.5. The fourth-order valence-corrected chi connectivity index (χ4v) is 4.05. The highest BCUT2D eigenvalue weighted by Crippen LogP contribution is 2.30. The number of non-ortho nitro benzene ring substituents is 1. The van der Waals surface area contributed by atoms with Crippen LogP contribution in [0.2, 0.25) is 0 Å². The summed E-state index contributed by atoms with van der Waals surface area (Å²) in [6.45, 7) is 3.83. The molecule has 34 heavy (non-hydrogen) atoms. The van der Waals surface area contributed by atoms with E-state index in [1.807, 2.05) is 10.6 Å². The number of thioether (sulfide) groups is 1. The fraction of sp³-hybridized carbons (Fsp3) is 0.174. The van der Waals surface area contributed by atoms with Crippen LogP contribution in [0.4, 0.5) is 11.4 Å². The van der Waals surface area contributed by atoms with Gasteiger partial charge in [0.15, 0.2) is 11.0 Å². The zero-order valence-electron chi connectivity index (χ0n) is 18.3. The summed E-state index contributed by atoms with van der Waals surface area (Å²) in [5.41, 5.74) is 1.74. The third-order valence-electron chi connectivity index (χ3n) is 5.08. The van der Waals surface area contributed by atoms with Gasteiger partial charge in [0.2, 0.25) is 5.91 Å². The number of hydrogen-bond donors (Lipinski definition) is 2. The first kappa shape index (κ1) is 23.1. The molecule has 10 nitrogen and oxygen atoms in total. The van der Waals surface area contributed by atoms with Gasteiger partial charge in [0.05, 0.1) is 28.7 Å². The van der Waals surface area contributed by atoms with Crippen LogP contribution in [0.3, 0.4) is 0 Å². The Bertz CT molecular complexity index is 1320. The SMILES string of the molecule is Cc1ccc([N+](=O)[O-])cc1NC(=O)[C@H](C)Sc1nnc(-c2ccc(O)cc2)n1Cc1ccco1. The molecule has 0 aliphatic heterocycles. The second-order valence-corrected chi connectivity index (χ2v) is 8.83. The number of carbonyl (C=O) groups is 1. The number of hydrogen-bond acceptors (Lipinski definition) is 8. The van der Waals surface area contributed by atoms with E-state index in [1.54, 1.807) is 56.5 Å². The number of furan rings is 1. The molecule has 0 spiro atoms. The highest BCUT2D eigenvalue weighted by atomic mass is 32.2. The van der Waals surface area contributed by atoms with Crippen molar-refractivity contribution in [3.63, 3.8) is 0 Å². The number of carbonyl (C=O) groups excluding carboxylic acids is 1. The van der Waals surface area contributed by atoms with Gasteiger partial charge in [-0.3, -0.25) is 19.5 Å². The average Bonchev–Trinajstić information content (AvgIpc) is 3.46. The molecule has 4 rings (SSSR count). The second-order valence-electron chi connectivity index (χ2n) is 7.52. The summed E-state index contributed by atoms with van der Waals surface area (Å²) in [5.74, 6) is 1.05. The number of rotatable bonds is 8. The van der Waals surface area contributed by atoms with Crippen molar-refractivity contribution in [2.75, 3.05) is 5.32 Å². The largest absolute Gasteiger partial charge is 0.508 e. The third-order valence-corrected chi connectivity index (χ3v) is 6.16. The average molecular weight is 480 g/mol. The maximum atomic E-state index is 12.9. The molecule has 1 atom stereocenters. The van der Waals surface area contributed by atoms with Crippen molar-refractivity contribution in [3.8, 4) is 17.1 Å². The Morgan fingerprint density at radius 2 is 2.00 bits per heavy atom. The molecular weight excluding hydrogens is 458 g/mol. The molecule has 0 fully saturated rings. The van der Waals surface area contributed by atoms with E-state index in [-0.39, 0.29) is 17.3 Å². The summed E-state index contributed by atoms with van der Waals surface area (Å²) in [7, 11) is 0. The van der Waals surface area contributed by atoms with Crippen molar-refractivity contribution >= 4 is 29.0 Å². The minimum absolute atomic E-state index is 0.0991. The number of benzene rings is 2. The highest BCUT2D eigenvalue weighted by Gasteiger charge is 2.22. The van der Waals surface area contributed by atoms with Gasteiger partial charge in [0.25, 0.3) is 5.69 Å². The summed E-state index contributed by atoms with van der Waals surface area (Å²) in [5, 5.41) is 32.0. The molecule has 0 saturated carbocycles. The Morgan fingerprint density at radius 3 is 2.68 bits per heavy atom. The van der Waals surface area contributed by atoms with Crippen molar-refractivity contribution in [2.45, 2.75) is 30.8 Å². The Balaban J connectivity index is 1.58. The number of phenolic OH excluding ortho intramolecular Hbond substituents is 1. The van der Waals surface area contributed by atoms with Crippen LogP contribution in [0.5, 0.6) is 5.75 Å². The van der Waals surface area contributed by atoms with Crippen LogP contribution in [0.25, 0.3) is 11.4 Å². The maximum Gasteiger partial charge on any atom is 0.271 e. The van der Waals surface area contributed by atoms with Gasteiger partial charge in [-0.05, 0) is 55.8 Å². The van der Waals surface area contributed by atoms with Gasteiger partial charge in [-0.25, -0.2) is 0 Å². The molecule has 1 amide bonds. The first-order valence-electron chi connectivity index (χ1n) is 10.3. The van der Waals surface area contributed by atoms with Crippen molar-refractivity contribution in [1.29, 1.82) is 0 Å². The second kappa shape index (κ2) is 9.79. The van der Waals surface area contributed by atoms with E-state index >= 15 is 0 Å². The quantitative estimate of drug-likeness (QED) is 0.212. The van der Waals surface area contributed by atoms with Crippen LogP contribution in [-0.2, 0) is 11.3 Å². The van der Waals surface area contributed by atoms with E-state index in [4.69, 9.17) is 4.42 Å². The van der Waals surface area contributed by atoms with Gasteiger partial charge in [-0.1, -0.05) is 17.8 Å². The van der Waals surface area contributed by atoms with Crippen LogP contribution < -0.4 is 5.32 Å². The highest BCUT2D eigenvalue weighted by molar-refractivity contribution is 8.00. The number of aryl methyl sites for hydroxylation is 1. The molecule has 2 aromatic carbocycles. The molecule has 4 aromatic rings. The number of nitro benzene ring substituents is 1. The Morgan fingerprint density at radius 1 is 1.24 bits per heavy atom. The molecule has 0 aliphatic rings. The van der Waals surface area contributed by atoms with Crippen LogP contribution >= 0.6 is 11.8 Å². The van der Waals surface area contributed by atoms with Crippen molar-refractivity contribution in [2.24, 2.45) is 0 Å². The number of nitrogens with zero attached hydrogens (tertiary/aromatic N) is 4. The van der Waals surface area contributed by atoms with E-state index in [9.17, 15) is 20.0 Å². The Hall–Kier alpha value is -4.12. The lowest BCUT2D eigenvalue weighted by Gasteiger charge is -2.14. The lowest BCUT2D eigenvalue weighted by molar-refractivity contribution is -0.384. The summed E-state index contributed by atoms with van der Waals surface area (Å²) >= 11 is 1.21. The molecule has 174 valence electrons. The number of phenols is 1. The summed E-state index contributed by atoms with van der Waals surface area (Å²) in [6, 6.07) is 14.5. The van der Waals surface area contributed by atoms with Gasteiger partial charge in [0, 0.05) is 17.7 Å². The number of aromatic hydroxyl groups is 1. The summed E-state index contributed by atoms with van der Waals surface area (Å²) < 4.78 is 7.32. The molecule has 2 N–H and O–H groups in total. The minimum Gasteiger partial charge on any atom is -0.508 e. The smallest absolute Gasteiger partial charge is 0.271 e. The molecule has 0 bridgehead atoms. The molecule has 2 heterocycles. The van der Waals surface area contributed by atoms with Gasteiger partial charge < -0.3 is 14.8 Å². The van der Waals surface area contributed by atoms with Crippen LogP contribution in [0, 0.1) is 17.0 Å². The molecule has 2 aromatic heterocycles. The Labute approximate surface area is 198 Å². The minimum atomic E-state index is -0.578. The van der Waals surface area contributed by atoms with Gasteiger partial charge >= 0.3 is 0 Å². The van der Waals surface area contributed by atoms with E-state index in [2.05, 4.69) is 15.5 Å². The number of nitrogens with one attached hydrogen (secondary N) is 1.